The Bertz CT molecular complexity index is 333. The van der Waals surface area contributed by atoms with Gasteiger partial charge in [0.2, 0.25) is 5.91 Å². The monoisotopic (exact) mass is 209 g/mol. The van der Waals surface area contributed by atoms with Crippen molar-refractivity contribution in [3.05, 3.63) is 22.4 Å². The summed E-state index contributed by atoms with van der Waals surface area (Å²) in [5.74, 6) is 0.190. The van der Waals surface area contributed by atoms with Gasteiger partial charge in [-0.2, -0.15) is 11.3 Å². The number of rotatable bonds is 2. The molecule has 1 N–H and O–H groups in total. The van der Waals surface area contributed by atoms with Gasteiger partial charge in [0, 0.05) is 17.9 Å². The van der Waals surface area contributed by atoms with E-state index in [1.165, 1.54) is 5.56 Å². The van der Waals surface area contributed by atoms with Crippen molar-refractivity contribution in [2.75, 3.05) is 0 Å². The van der Waals surface area contributed by atoms with E-state index in [-0.39, 0.29) is 17.4 Å². The summed E-state index contributed by atoms with van der Waals surface area (Å²) in [7, 11) is 0. The molecule has 2 unspecified atom stereocenters. The molecule has 1 aromatic rings. The first kappa shape index (κ1) is 9.71. The van der Waals surface area contributed by atoms with Crippen molar-refractivity contribution in [2.24, 2.45) is 5.41 Å². The fourth-order valence-corrected chi connectivity index (χ4v) is 2.73. The summed E-state index contributed by atoms with van der Waals surface area (Å²) < 4.78 is 0. The molecule has 2 atom stereocenters. The molecule has 76 valence electrons. The third-order valence-corrected chi connectivity index (χ3v) is 3.91. The van der Waals surface area contributed by atoms with Crippen LogP contribution in [0.3, 0.4) is 0 Å². The van der Waals surface area contributed by atoms with E-state index in [0.717, 1.165) is 6.42 Å². The Morgan fingerprint density at radius 3 is 3.00 bits per heavy atom. The van der Waals surface area contributed by atoms with Gasteiger partial charge in [-0.3, -0.25) is 4.79 Å². The molecular formula is C11H15NOS. The van der Waals surface area contributed by atoms with Gasteiger partial charge in [-0.15, -0.1) is 0 Å². The van der Waals surface area contributed by atoms with Crippen molar-refractivity contribution in [2.45, 2.75) is 32.7 Å². The number of thiophene rings is 1. The molecule has 14 heavy (non-hydrogen) atoms. The smallest absolute Gasteiger partial charge is 0.220 e. The van der Waals surface area contributed by atoms with E-state index >= 15 is 0 Å². The minimum atomic E-state index is 0.0954. The molecule has 0 bridgehead atoms. The van der Waals surface area contributed by atoms with Crippen LogP contribution in [0.25, 0.3) is 0 Å². The van der Waals surface area contributed by atoms with Gasteiger partial charge in [0.05, 0.1) is 0 Å². The number of hydrogen-bond acceptors (Lipinski definition) is 2. The van der Waals surface area contributed by atoms with E-state index in [9.17, 15) is 4.79 Å². The fraction of sp³-hybridized carbons (Fsp3) is 0.545. The van der Waals surface area contributed by atoms with Crippen molar-refractivity contribution in [1.29, 1.82) is 0 Å². The van der Waals surface area contributed by atoms with Gasteiger partial charge in [-0.1, -0.05) is 6.92 Å². The minimum Gasteiger partial charge on any atom is -0.353 e. The van der Waals surface area contributed by atoms with Crippen LogP contribution in [-0.4, -0.2) is 11.9 Å². The molecule has 0 spiro atoms. The zero-order valence-corrected chi connectivity index (χ0v) is 9.36. The van der Waals surface area contributed by atoms with Crippen LogP contribution in [-0.2, 0) is 11.2 Å². The van der Waals surface area contributed by atoms with Crippen molar-refractivity contribution < 1.29 is 4.79 Å². The van der Waals surface area contributed by atoms with Gasteiger partial charge in [0.1, 0.15) is 0 Å². The second-order valence-electron chi connectivity index (χ2n) is 4.43. The third kappa shape index (κ3) is 1.69. The van der Waals surface area contributed by atoms with E-state index in [1.54, 1.807) is 11.3 Å². The fourth-order valence-electron chi connectivity index (χ4n) is 2.06. The van der Waals surface area contributed by atoms with Crippen LogP contribution < -0.4 is 5.32 Å². The van der Waals surface area contributed by atoms with Gasteiger partial charge in [-0.25, -0.2) is 0 Å². The van der Waals surface area contributed by atoms with Gasteiger partial charge in [0.15, 0.2) is 0 Å². The molecule has 0 radical (unpaired) electrons. The molecule has 0 aliphatic carbocycles. The minimum absolute atomic E-state index is 0.0954. The van der Waals surface area contributed by atoms with Gasteiger partial charge in [-0.05, 0) is 35.7 Å². The highest BCUT2D eigenvalue weighted by atomic mass is 32.1. The summed E-state index contributed by atoms with van der Waals surface area (Å²) in [4.78, 5) is 11.3. The van der Waals surface area contributed by atoms with E-state index in [1.807, 2.05) is 0 Å². The average molecular weight is 209 g/mol. The van der Waals surface area contributed by atoms with E-state index < -0.39 is 0 Å². The highest BCUT2D eigenvalue weighted by molar-refractivity contribution is 7.07. The summed E-state index contributed by atoms with van der Waals surface area (Å²) in [6.45, 7) is 4.28. The van der Waals surface area contributed by atoms with Crippen molar-refractivity contribution in [3.8, 4) is 0 Å². The van der Waals surface area contributed by atoms with Gasteiger partial charge >= 0.3 is 0 Å². The molecule has 2 heterocycles. The number of carbonyl (C=O) groups is 1. The lowest BCUT2D eigenvalue weighted by molar-refractivity contribution is -0.119. The Balaban J connectivity index is 2.13. The zero-order valence-electron chi connectivity index (χ0n) is 8.54. The maximum atomic E-state index is 11.3. The largest absolute Gasteiger partial charge is 0.353 e. The second-order valence-corrected chi connectivity index (χ2v) is 5.21. The van der Waals surface area contributed by atoms with Crippen LogP contribution in [0.5, 0.6) is 0 Å². The molecular weight excluding hydrogens is 194 g/mol. The molecule has 2 nitrogen and oxygen atoms in total. The predicted octanol–water partition coefficient (Wildman–Crippen LogP) is 2.21. The summed E-state index contributed by atoms with van der Waals surface area (Å²) in [5, 5.41) is 7.24. The lowest BCUT2D eigenvalue weighted by atomic mass is 9.78. The molecule has 1 aliphatic heterocycles. The van der Waals surface area contributed by atoms with Crippen LogP contribution in [0, 0.1) is 5.41 Å². The number of nitrogens with one attached hydrogen (secondary N) is 1. The van der Waals surface area contributed by atoms with Gasteiger partial charge in [0.25, 0.3) is 0 Å². The number of carbonyl (C=O) groups excluding carboxylic acids is 1. The van der Waals surface area contributed by atoms with Crippen molar-refractivity contribution >= 4 is 17.2 Å². The summed E-state index contributed by atoms with van der Waals surface area (Å²) in [6, 6.07) is 2.43. The van der Waals surface area contributed by atoms with E-state index in [4.69, 9.17) is 0 Å². The second kappa shape index (κ2) is 3.39. The molecule has 0 aromatic carbocycles. The standard InChI is InChI=1S/C11H15NOS/c1-8-11(2,6-10(13)12-8)5-9-3-4-14-7-9/h3-4,7-8H,5-6H2,1-2H3,(H,12,13). The molecule has 2 rings (SSSR count). The summed E-state index contributed by atoms with van der Waals surface area (Å²) in [5.41, 5.74) is 1.44. The first-order valence-electron chi connectivity index (χ1n) is 4.91. The lowest BCUT2D eigenvalue weighted by Gasteiger charge is -2.26. The highest BCUT2D eigenvalue weighted by Gasteiger charge is 2.40. The number of hydrogen-bond donors (Lipinski definition) is 1. The molecule has 3 heteroatoms. The van der Waals surface area contributed by atoms with E-state index in [2.05, 4.69) is 36.0 Å². The molecule has 1 amide bonds. The van der Waals surface area contributed by atoms with Crippen LogP contribution in [0.2, 0.25) is 0 Å². The zero-order chi connectivity index (χ0) is 10.2. The maximum Gasteiger partial charge on any atom is 0.220 e. The molecule has 1 aliphatic rings. The normalized spacial score (nSPS) is 31.9. The summed E-state index contributed by atoms with van der Waals surface area (Å²) in [6.07, 6.45) is 1.65. The highest BCUT2D eigenvalue weighted by Crippen LogP contribution is 2.35. The Morgan fingerprint density at radius 2 is 2.50 bits per heavy atom. The van der Waals surface area contributed by atoms with Crippen LogP contribution in [0.1, 0.15) is 25.8 Å². The topological polar surface area (TPSA) is 29.1 Å². The van der Waals surface area contributed by atoms with Crippen molar-refractivity contribution in [1.82, 2.24) is 5.32 Å². The quantitative estimate of drug-likeness (QED) is 0.795. The first-order chi connectivity index (χ1) is 6.60. The number of amides is 1. The SMILES string of the molecule is CC1NC(=O)CC1(C)Cc1ccsc1. The Morgan fingerprint density at radius 1 is 1.71 bits per heavy atom. The third-order valence-electron chi connectivity index (χ3n) is 3.18. The molecule has 1 aromatic heterocycles. The molecule has 0 saturated carbocycles. The molecule has 1 saturated heterocycles. The predicted molar refractivity (Wildman–Crippen MR) is 58.4 cm³/mol. The van der Waals surface area contributed by atoms with Crippen LogP contribution >= 0.6 is 11.3 Å². The van der Waals surface area contributed by atoms with Crippen molar-refractivity contribution in [3.63, 3.8) is 0 Å². The average Bonchev–Trinajstić information content (AvgIpc) is 2.62. The van der Waals surface area contributed by atoms with Crippen LogP contribution in [0.15, 0.2) is 16.8 Å². The Labute approximate surface area is 88.3 Å². The maximum absolute atomic E-state index is 11.3. The first-order valence-corrected chi connectivity index (χ1v) is 5.85. The lowest BCUT2D eigenvalue weighted by Crippen LogP contribution is -2.33. The van der Waals surface area contributed by atoms with Gasteiger partial charge < -0.3 is 5.32 Å². The molecule has 1 fully saturated rings. The summed E-state index contributed by atoms with van der Waals surface area (Å²) >= 11 is 1.72. The van der Waals surface area contributed by atoms with E-state index in [0.29, 0.717) is 6.42 Å². The van der Waals surface area contributed by atoms with Crippen LogP contribution in [0.4, 0.5) is 0 Å². The Hall–Kier alpha value is -0.830. The Kier molecular flexibility index (Phi) is 2.35.